The van der Waals surface area contributed by atoms with Crippen LogP contribution in [-0.4, -0.2) is 24.2 Å². The fourth-order valence-corrected chi connectivity index (χ4v) is 2.67. The second kappa shape index (κ2) is 3.44. The van der Waals surface area contributed by atoms with Gasteiger partial charge in [-0.15, -0.1) is 0 Å². The molecule has 0 bridgehead atoms. The Bertz CT molecular complexity index is 467. The van der Waals surface area contributed by atoms with Gasteiger partial charge in [-0.25, -0.2) is 0 Å². The molecule has 2 aliphatic heterocycles. The zero-order chi connectivity index (χ0) is 11.1. The fraction of sp³-hybridized carbons (Fsp3) is 0.385. The van der Waals surface area contributed by atoms with Gasteiger partial charge in [0, 0.05) is 18.2 Å². The number of anilines is 1. The van der Waals surface area contributed by atoms with Crippen LogP contribution in [0.15, 0.2) is 24.3 Å². The van der Waals surface area contributed by atoms with Gasteiger partial charge in [0.15, 0.2) is 0 Å². The van der Waals surface area contributed by atoms with E-state index in [1.54, 1.807) is 0 Å². The van der Waals surface area contributed by atoms with Crippen molar-refractivity contribution in [2.75, 3.05) is 11.4 Å². The Morgan fingerprint density at radius 3 is 2.81 bits per heavy atom. The summed E-state index contributed by atoms with van der Waals surface area (Å²) in [5.74, 6) is -0.436. The van der Waals surface area contributed by atoms with E-state index < -0.39 is 0 Å². The predicted octanol–water partition coefficient (Wildman–Crippen LogP) is 1.35. The lowest BCUT2D eigenvalue weighted by Gasteiger charge is -2.40. The molecular weight excluding hydrogens is 202 g/mol. The molecule has 0 N–H and O–H groups in total. The highest BCUT2D eigenvalue weighted by Gasteiger charge is 2.35. The molecule has 1 atom stereocenters. The van der Waals surface area contributed by atoms with Gasteiger partial charge in [-0.05, 0) is 24.5 Å². The summed E-state index contributed by atoms with van der Waals surface area (Å²) in [5, 5.41) is 0. The number of benzene rings is 1. The van der Waals surface area contributed by atoms with Crippen molar-refractivity contribution < 1.29 is 9.59 Å². The number of Topliss-reactive ketones (excluding diaryl/α,β-unsaturated/α-hetero) is 2. The minimum Gasteiger partial charge on any atom is -0.360 e. The zero-order valence-electron chi connectivity index (χ0n) is 8.98. The average Bonchev–Trinajstić information content (AvgIpc) is 2.31. The van der Waals surface area contributed by atoms with Crippen LogP contribution in [0.1, 0.15) is 18.4 Å². The summed E-state index contributed by atoms with van der Waals surface area (Å²) < 4.78 is 0. The molecule has 0 aromatic heterocycles. The van der Waals surface area contributed by atoms with Crippen LogP contribution < -0.4 is 4.90 Å². The van der Waals surface area contributed by atoms with Crippen molar-refractivity contribution in [2.24, 2.45) is 0 Å². The maximum Gasteiger partial charge on any atom is 0.217 e. The first-order valence-electron chi connectivity index (χ1n) is 5.66. The predicted molar refractivity (Wildman–Crippen MR) is 60.5 cm³/mol. The van der Waals surface area contributed by atoms with Crippen LogP contribution in [0.2, 0.25) is 0 Å². The van der Waals surface area contributed by atoms with Crippen LogP contribution >= 0.6 is 0 Å². The number of aryl methyl sites for hydroxylation is 1. The van der Waals surface area contributed by atoms with E-state index in [1.165, 1.54) is 5.56 Å². The van der Waals surface area contributed by atoms with Gasteiger partial charge in [-0.2, -0.15) is 0 Å². The first-order valence-corrected chi connectivity index (χ1v) is 5.66. The Labute approximate surface area is 94.1 Å². The Morgan fingerprint density at radius 2 is 1.94 bits per heavy atom. The number of piperidine rings is 1. The van der Waals surface area contributed by atoms with Gasteiger partial charge in [0.1, 0.15) is 0 Å². The molecule has 0 radical (unpaired) electrons. The third-order valence-corrected chi connectivity index (χ3v) is 3.53. The smallest absolute Gasteiger partial charge is 0.217 e. The number of carbonyl (C=O) groups excluding carboxylic acids is 2. The number of para-hydroxylation sites is 1. The summed E-state index contributed by atoms with van der Waals surface area (Å²) in [6.07, 6.45) is 2.39. The third kappa shape index (κ3) is 1.35. The summed E-state index contributed by atoms with van der Waals surface area (Å²) in [6.45, 7) is 0.264. The van der Waals surface area contributed by atoms with Crippen molar-refractivity contribution in [2.45, 2.75) is 25.3 Å². The fourth-order valence-electron chi connectivity index (χ4n) is 2.67. The molecule has 2 aliphatic rings. The molecule has 1 aromatic carbocycles. The second-order valence-corrected chi connectivity index (χ2v) is 4.50. The normalized spacial score (nSPS) is 24.0. The summed E-state index contributed by atoms with van der Waals surface area (Å²) in [7, 11) is 0. The van der Waals surface area contributed by atoms with Gasteiger partial charge in [0.25, 0.3) is 0 Å². The highest BCUT2D eigenvalue weighted by Crippen LogP contribution is 2.33. The Morgan fingerprint density at radius 1 is 1.12 bits per heavy atom. The molecule has 82 valence electrons. The van der Waals surface area contributed by atoms with E-state index in [0.717, 1.165) is 18.5 Å². The van der Waals surface area contributed by atoms with Crippen LogP contribution in [-0.2, 0) is 16.0 Å². The minimum atomic E-state index is -0.243. The van der Waals surface area contributed by atoms with E-state index in [-0.39, 0.29) is 24.2 Å². The van der Waals surface area contributed by atoms with Crippen LogP contribution in [0.5, 0.6) is 0 Å². The van der Waals surface area contributed by atoms with Gasteiger partial charge in [-0.1, -0.05) is 18.2 Å². The molecule has 3 rings (SSSR count). The second-order valence-electron chi connectivity index (χ2n) is 4.50. The van der Waals surface area contributed by atoms with Gasteiger partial charge in [-0.3, -0.25) is 9.59 Å². The number of fused-ring (bicyclic) bond motifs is 3. The summed E-state index contributed by atoms with van der Waals surface area (Å²) in [4.78, 5) is 25.0. The SMILES string of the molecule is O=C1CC2CCc3ccccc3N2CC1=O. The van der Waals surface area contributed by atoms with E-state index in [2.05, 4.69) is 11.0 Å². The molecule has 1 saturated heterocycles. The lowest BCUT2D eigenvalue weighted by atomic mass is 9.89. The lowest BCUT2D eigenvalue weighted by molar-refractivity contribution is -0.137. The lowest BCUT2D eigenvalue weighted by Crippen LogP contribution is -2.50. The van der Waals surface area contributed by atoms with Crippen molar-refractivity contribution in [3.8, 4) is 0 Å². The van der Waals surface area contributed by atoms with Gasteiger partial charge < -0.3 is 4.90 Å². The van der Waals surface area contributed by atoms with E-state index in [4.69, 9.17) is 0 Å². The molecule has 1 fully saturated rings. The van der Waals surface area contributed by atoms with Crippen LogP contribution in [0.3, 0.4) is 0 Å². The van der Waals surface area contributed by atoms with Crippen molar-refractivity contribution >= 4 is 17.3 Å². The summed E-state index contributed by atoms with van der Waals surface area (Å²) in [5.41, 5.74) is 2.43. The minimum absolute atomic E-state index is 0.194. The monoisotopic (exact) mass is 215 g/mol. The first kappa shape index (κ1) is 9.58. The molecule has 3 nitrogen and oxygen atoms in total. The van der Waals surface area contributed by atoms with Crippen molar-refractivity contribution in [3.05, 3.63) is 29.8 Å². The van der Waals surface area contributed by atoms with E-state index in [0.29, 0.717) is 6.42 Å². The molecule has 0 saturated carbocycles. The molecule has 0 amide bonds. The number of carbonyl (C=O) groups is 2. The molecule has 1 aromatic rings. The van der Waals surface area contributed by atoms with Crippen molar-refractivity contribution in [1.82, 2.24) is 0 Å². The number of rotatable bonds is 0. The highest BCUT2D eigenvalue weighted by molar-refractivity contribution is 6.39. The molecule has 0 spiro atoms. The number of ketones is 2. The van der Waals surface area contributed by atoms with E-state index in [1.807, 2.05) is 18.2 Å². The summed E-state index contributed by atoms with van der Waals surface area (Å²) >= 11 is 0. The van der Waals surface area contributed by atoms with Gasteiger partial charge in [0.2, 0.25) is 11.6 Å². The molecule has 2 heterocycles. The van der Waals surface area contributed by atoms with Gasteiger partial charge >= 0.3 is 0 Å². The topological polar surface area (TPSA) is 37.4 Å². The quantitative estimate of drug-likeness (QED) is 0.613. The maximum atomic E-state index is 11.5. The largest absolute Gasteiger partial charge is 0.360 e. The highest BCUT2D eigenvalue weighted by atomic mass is 16.2. The Kier molecular flexibility index (Phi) is 2.06. The molecule has 0 aliphatic carbocycles. The van der Waals surface area contributed by atoms with Gasteiger partial charge in [0.05, 0.1) is 6.54 Å². The standard InChI is InChI=1S/C13H13NO2/c15-12-7-10-6-5-9-3-1-2-4-11(9)14(10)8-13(12)16/h1-4,10H,5-8H2. The number of hydrogen-bond acceptors (Lipinski definition) is 3. The van der Waals surface area contributed by atoms with E-state index in [9.17, 15) is 9.59 Å². The molecule has 16 heavy (non-hydrogen) atoms. The van der Waals surface area contributed by atoms with Crippen molar-refractivity contribution in [1.29, 1.82) is 0 Å². The summed E-state index contributed by atoms with van der Waals surface area (Å²) in [6, 6.07) is 8.40. The third-order valence-electron chi connectivity index (χ3n) is 3.53. The average molecular weight is 215 g/mol. The molecular formula is C13H13NO2. The Hall–Kier alpha value is -1.64. The van der Waals surface area contributed by atoms with Crippen LogP contribution in [0.25, 0.3) is 0 Å². The zero-order valence-corrected chi connectivity index (χ0v) is 8.98. The molecule has 1 unspecified atom stereocenters. The number of hydrogen-bond donors (Lipinski definition) is 0. The van der Waals surface area contributed by atoms with E-state index >= 15 is 0 Å². The van der Waals surface area contributed by atoms with Crippen molar-refractivity contribution in [3.63, 3.8) is 0 Å². The maximum absolute atomic E-state index is 11.5. The first-order chi connectivity index (χ1) is 7.75. The van der Waals surface area contributed by atoms with Crippen LogP contribution in [0, 0.1) is 0 Å². The Balaban J connectivity index is 2.00. The molecule has 3 heteroatoms. The van der Waals surface area contributed by atoms with Crippen LogP contribution in [0.4, 0.5) is 5.69 Å². The number of nitrogens with zero attached hydrogens (tertiary/aromatic N) is 1.